The summed E-state index contributed by atoms with van der Waals surface area (Å²) in [5.74, 6) is 0.193. The van der Waals surface area contributed by atoms with Crippen molar-refractivity contribution in [3.05, 3.63) is 35.6 Å². The number of morpholine rings is 1. The Morgan fingerprint density at radius 3 is 2.64 bits per heavy atom. The number of rotatable bonds is 6. The second-order valence-electron chi connectivity index (χ2n) is 5.06. The monoisotopic (exact) mass is 422 g/mol. The van der Waals surface area contributed by atoms with Crippen LogP contribution in [0.1, 0.15) is 12.0 Å². The molecule has 0 bridgehead atoms. The predicted octanol–water partition coefficient (Wildman–Crippen LogP) is 1.57. The maximum atomic E-state index is 12.8. The lowest BCUT2D eigenvalue weighted by atomic mass is 10.2. The zero-order valence-corrected chi connectivity index (χ0v) is 15.0. The van der Waals surface area contributed by atoms with Gasteiger partial charge >= 0.3 is 0 Å². The fraction of sp³-hybridized carbons (Fsp3) is 0.533. The first-order valence-electron chi connectivity index (χ1n) is 7.32. The van der Waals surface area contributed by atoms with E-state index in [4.69, 9.17) is 10.5 Å². The first-order valence-corrected chi connectivity index (χ1v) is 7.32. The zero-order chi connectivity index (χ0) is 14.9. The van der Waals surface area contributed by atoms with Gasteiger partial charge in [-0.2, -0.15) is 0 Å². The maximum Gasteiger partial charge on any atom is 0.188 e. The molecule has 0 aliphatic carbocycles. The summed E-state index contributed by atoms with van der Waals surface area (Å²) in [4.78, 5) is 6.62. The SMILES string of the molecule is I.NC(=NCc1ccc(F)cc1)NCCCN1CCOCC1. The summed E-state index contributed by atoms with van der Waals surface area (Å²) >= 11 is 0. The van der Waals surface area contributed by atoms with Gasteiger partial charge in [0.25, 0.3) is 0 Å². The molecule has 124 valence electrons. The second kappa shape index (κ2) is 10.7. The fourth-order valence-corrected chi connectivity index (χ4v) is 2.17. The van der Waals surface area contributed by atoms with Crippen molar-refractivity contribution in [1.82, 2.24) is 10.2 Å². The molecule has 0 radical (unpaired) electrons. The fourth-order valence-electron chi connectivity index (χ4n) is 2.17. The summed E-state index contributed by atoms with van der Waals surface area (Å²) < 4.78 is 18.1. The third kappa shape index (κ3) is 7.37. The van der Waals surface area contributed by atoms with Crippen LogP contribution < -0.4 is 11.1 Å². The molecule has 0 spiro atoms. The number of hydrogen-bond donors (Lipinski definition) is 2. The highest BCUT2D eigenvalue weighted by Gasteiger charge is 2.08. The van der Waals surface area contributed by atoms with Gasteiger partial charge in [0, 0.05) is 19.6 Å². The lowest BCUT2D eigenvalue weighted by molar-refractivity contribution is 0.0376. The van der Waals surface area contributed by atoms with Crippen LogP contribution in [-0.4, -0.2) is 50.3 Å². The number of ether oxygens (including phenoxy) is 1. The Kier molecular flexibility index (Phi) is 9.33. The Morgan fingerprint density at radius 2 is 1.95 bits per heavy atom. The molecule has 0 aromatic heterocycles. The average molecular weight is 422 g/mol. The summed E-state index contributed by atoms with van der Waals surface area (Å²) in [6.07, 6.45) is 1.02. The lowest BCUT2D eigenvalue weighted by Crippen LogP contribution is -2.39. The molecule has 0 saturated carbocycles. The van der Waals surface area contributed by atoms with Gasteiger partial charge in [-0.15, -0.1) is 24.0 Å². The maximum absolute atomic E-state index is 12.8. The van der Waals surface area contributed by atoms with E-state index in [1.54, 1.807) is 12.1 Å². The van der Waals surface area contributed by atoms with Crippen molar-refractivity contribution in [3.63, 3.8) is 0 Å². The third-order valence-corrected chi connectivity index (χ3v) is 3.41. The molecule has 0 atom stereocenters. The molecule has 1 aliphatic heterocycles. The van der Waals surface area contributed by atoms with Crippen molar-refractivity contribution in [1.29, 1.82) is 0 Å². The van der Waals surface area contributed by atoms with Gasteiger partial charge in [-0.1, -0.05) is 12.1 Å². The smallest absolute Gasteiger partial charge is 0.188 e. The van der Waals surface area contributed by atoms with Crippen molar-refractivity contribution in [2.45, 2.75) is 13.0 Å². The topological polar surface area (TPSA) is 62.9 Å². The van der Waals surface area contributed by atoms with Crippen LogP contribution in [0.5, 0.6) is 0 Å². The van der Waals surface area contributed by atoms with E-state index in [1.165, 1.54) is 12.1 Å². The van der Waals surface area contributed by atoms with Crippen LogP contribution in [0, 0.1) is 5.82 Å². The first-order chi connectivity index (χ1) is 10.2. The van der Waals surface area contributed by atoms with Crippen LogP contribution in [0.2, 0.25) is 0 Å². The second-order valence-corrected chi connectivity index (χ2v) is 5.06. The van der Waals surface area contributed by atoms with Crippen molar-refractivity contribution in [2.24, 2.45) is 10.7 Å². The normalized spacial score (nSPS) is 16.1. The molecule has 1 aromatic carbocycles. The average Bonchev–Trinajstić information content (AvgIpc) is 2.52. The zero-order valence-electron chi connectivity index (χ0n) is 12.6. The number of nitrogens with zero attached hydrogens (tertiary/aromatic N) is 2. The minimum Gasteiger partial charge on any atom is -0.379 e. The highest BCUT2D eigenvalue weighted by Crippen LogP contribution is 2.03. The molecule has 1 heterocycles. The Hall–Kier alpha value is -0.930. The standard InChI is InChI=1S/C15H23FN4O.HI/c16-14-4-2-13(3-5-14)12-19-15(17)18-6-1-7-20-8-10-21-11-9-20;/h2-5H,1,6-12H2,(H3,17,18,19);1H. The molecule has 3 N–H and O–H groups in total. The van der Waals surface area contributed by atoms with Crippen LogP contribution in [0.15, 0.2) is 29.3 Å². The number of aliphatic imine (C=N–C) groups is 1. The summed E-state index contributed by atoms with van der Waals surface area (Å²) in [7, 11) is 0. The number of guanidine groups is 1. The Morgan fingerprint density at radius 1 is 1.27 bits per heavy atom. The number of nitrogens with one attached hydrogen (secondary N) is 1. The van der Waals surface area contributed by atoms with Crippen LogP contribution in [0.3, 0.4) is 0 Å². The van der Waals surface area contributed by atoms with Gasteiger partial charge in [-0.3, -0.25) is 4.90 Å². The van der Waals surface area contributed by atoms with Gasteiger partial charge in [-0.05, 0) is 30.7 Å². The molecule has 1 aromatic rings. The van der Waals surface area contributed by atoms with Gasteiger partial charge in [0.2, 0.25) is 0 Å². The van der Waals surface area contributed by atoms with Crippen molar-refractivity contribution in [3.8, 4) is 0 Å². The van der Waals surface area contributed by atoms with E-state index in [9.17, 15) is 4.39 Å². The summed E-state index contributed by atoms with van der Waals surface area (Å²) in [5, 5.41) is 3.10. The molecule has 0 unspecified atom stereocenters. The van der Waals surface area contributed by atoms with Gasteiger partial charge in [-0.25, -0.2) is 9.38 Å². The highest BCUT2D eigenvalue weighted by atomic mass is 127. The number of nitrogens with two attached hydrogens (primary N) is 1. The van der Waals surface area contributed by atoms with Crippen molar-refractivity contribution < 1.29 is 9.13 Å². The predicted molar refractivity (Wildman–Crippen MR) is 97.0 cm³/mol. The lowest BCUT2D eigenvalue weighted by Gasteiger charge is -2.26. The van der Waals surface area contributed by atoms with E-state index in [-0.39, 0.29) is 29.8 Å². The Bertz CT molecular complexity index is 449. The Labute approximate surface area is 148 Å². The van der Waals surface area contributed by atoms with Gasteiger partial charge < -0.3 is 15.8 Å². The van der Waals surface area contributed by atoms with Gasteiger partial charge in [0.05, 0.1) is 19.8 Å². The summed E-state index contributed by atoms with van der Waals surface area (Å²) in [5.41, 5.74) is 6.74. The van der Waals surface area contributed by atoms with E-state index < -0.39 is 0 Å². The largest absolute Gasteiger partial charge is 0.379 e. The molecule has 5 nitrogen and oxygen atoms in total. The van der Waals surface area contributed by atoms with Crippen molar-refractivity contribution in [2.75, 3.05) is 39.4 Å². The molecule has 1 fully saturated rings. The minimum atomic E-state index is -0.239. The molecular weight excluding hydrogens is 398 g/mol. The number of halogens is 2. The van der Waals surface area contributed by atoms with Gasteiger partial charge in [0.15, 0.2) is 5.96 Å². The molecule has 22 heavy (non-hydrogen) atoms. The van der Waals surface area contributed by atoms with Crippen molar-refractivity contribution >= 4 is 29.9 Å². The number of benzene rings is 1. The highest BCUT2D eigenvalue weighted by molar-refractivity contribution is 14.0. The van der Waals surface area contributed by atoms with Crippen LogP contribution in [0.4, 0.5) is 4.39 Å². The molecular formula is C15H24FIN4O. The summed E-state index contributed by atoms with van der Waals surface area (Å²) in [6, 6.07) is 6.28. The molecule has 1 saturated heterocycles. The Balaban J connectivity index is 0.00000242. The minimum absolute atomic E-state index is 0. The molecule has 1 aliphatic rings. The van der Waals surface area contributed by atoms with E-state index in [1.807, 2.05) is 0 Å². The number of hydrogen-bond acceptors (Lipinski definition) is 3. The molecule has 2 rings (SSSR count). The van der Waals surface area contributed by atoms with E-state index >= 15 is 0 Å². The first kappa shape index (κ1) is 19.1. The summed E-state index contributed by atoms with van der Waals surface area (Å²) in [6.45, 7) is 5.98. The third-order valence-electron chi connectivity index (χ3n) is 3.41. The van der Waals surface area contributed by atoms with Gasteiger partial charge in [0.1, 0.15) is 5.82 Å². The molecule has 7 heteroatoms. The van der Waals surface area contributed by atoms with E-state index in [0.29, 0.717) is 12.5 Å². The van der Waals surface area contributed by atoms with Crippen LogP contribution in [-0.2, 0) is 11.3 Å². The van der Waals surface area contributed by atoms with Crippen LogP contribution in [0.25, 0.3) is 0 Å². The van der Waals surface area contributed by atoms with Crippen LogP contribution >= 0.6 is 24.0 Å². The van der Waals surface area contributed by atoms with E-state index in [2.05, 4.69) is 15.2 Å². The van der Waals surface area contributed by atoms with E-state index in [0.717, 1.165) is 51.4 Å². The quantitative estimate of drug-likeness (QED) is 0.316. The molecule has 0 amide bonds.